The summed E-state index contributed by atoms with van der Waals surface area (Å²) in [6.07, 6.45) is 3.79. The molecule has 0 fully saturated rings. The molecule has 10 nitrogen and oxygen atoms in total. The van der Waals surface area contributed by atoms with E-state index in [1.807, 2.05) is 0 Å². The first-order valence-electron chi connectivity index (χ1n) is 9.63. The number of benzene rings is 1. The van der Waals surface area contributed by atoms with E-state index in [9.17, 15) is 9.50 Å². The van der Waals surface area contributed by atoms with Crippen LogP contribution >= 0.6 is 0 Å². The summed E-state index contributed by atoms with van der Waals surface area (Å²) < 4.78 is 21.5. The zero-order valence-electron chi connectivity index (χ0n) is 16.3. The standard InChI is InChI=1S/C20H19FN8O2/c21-16-3-4-17-12(5-6-31-17)14(16)8-24-28-20-23-7-15(19-27-25-10-29(19)20)13-2-1-11(9-30)26-18(13)22/h1-4,7,10,24,30H,5-6,8-9H2,(H2,22,26)(H,23,28). The molecular formula is C20H19FN8O2. The van der Waals surface area contributed by atoms with Gasteiger partial charge in [0, 0.05) is 41.4 Å². The molecule has 5 N–H and O–H groups in total. The van der Waals surface area contributed by atoms with Crippen molar-refractivity contribution in [3.8, 4) is 16.9 Å². The van der Waals surface area contributed by atoms with E-state index in [2.05, 4.69) is 31.0 Å². The number of rotatable bonds is 6. The molecule has 1 aliphatic heterocycles. The summed E-state index contributed by atoms with van der Waals surface area (Å²) in [5, 5.41) is 17.4. The van der Waals surface area contributed by atoms with E-state index in [1.54, 1.807) is 28.8 Å². The molecule has 4 aromatic rings. The molecule has 31 heavy (non-hydrogen) atoms. The minimum atomic E-state index is -0.286. The van der Waals surface area contributed by atoms with Gasteiger partial charge in [-0.3, -0.25) is 5.43 Å². The number of halogens is 1. The molecule has 0 radical (unpaired) electrons. The maximum Gasteiger partial charge on any atom is 0.224 e. The zero-order valence-corrected chi connectivity index (χ0v) is 16.3. The molecule has 0 saturated heterocycles. The fourth-order valence-corrected chi connectivity index (χ4v) is 3.65. The third-order valence-corrected chi connectivity index (χ3v) is 5.17. The molecule has 0 aliphatic carbocycles. The first-order chi connectivity index (χ1) is 15.2. The Kier molecular flexibility index (Phi) is 4.81. The van der Waals surface area contributed by atoms with Gasteiger partial charge in [0.2, 0.25) is 5.95 Å². The summed E-state index contributed by atoms with van der Waals surface area (Å²) in [5.41, 5.74) is 15.7. The number of nitrogens with zero attached hydrogens (tertiary/aromatic N) is 5. The second-order valence-electron chi connectivity index (χ2n) is 6.99. The molecule has 4 heterocycles. The Morgan fingerprint density at radius 3 is 2.97 bits per heavy atom. The number of aromatic nitrogens is 5. The summed E-state index contributed by atoms with van der Waals surface area (Å²) >= 11 is 0. The van der Waals surface area contributed by atoms with Gasteiger partial charge in [-0.15, -0.1) is 10.2 Å². The number of nitrogen functional groups attached to an aromatic ring is 1. The molecule has 0 spiro atoms. The van der Waals surface area contributed by atoms with Crippen molar-refractivity contribution in [2.45, 2.75) is 19.6 Å². The number of ether oxygens (including phenoxy) is 1. The van der Waals surface area contributed by atoms with Gasteiger partial charge in [-0.25, -0.2) is 24.2 Å². The number of hydrogen-bond acceptors (Lipinski definition) is 9. The molecule has 11 heteroatoms. The van der Waals surface area contributed by atoms with Crippen molar-refractivity contribution in [1.82, 2.24) is 30.0 Å². The van der Waals surface area contributed by atoms with Crippen LogP contribution in [0.25, 0.3) is 16.8 Å². The van der Waals surface area contributed by atoms with Crippen LogP contribution in [0.15, 0.2) is 36.8 Å². The summed E-state index contributed by atoms with van der Waals surface area (Å²) in [6, 6.07) is 6.50. The second-order valence-corrected chi connectivity index (χ2v) is 6.99. The van der Waals surface area contributed by atoms with Crippen molar-refractivity contribution < 1.29 is 14.2 Å². The van der Waals surface area contributed by atoms with E-state index in [0.717, 1.165) is 11.3 Å². The Bertz CT molecular complexity index is 1280. The van der Waals surface area contributed by atoms with Crippen LogP contribution in [0.3, 0.4) is 0 Å². The maximum atomic E-state index is 14.3. The first kappa shape index (κ1) is 19.2. The Morgan fingerprint density at radius 1 is 1.23 bits per heavy atom. The maximum absolute atomic E-state index is 14.3. The van der Waals surface area contributed by atoms with Crippen LogP contribution in [0.1, 0.15) is 16.8 Å². The fraction of sp³-hybridized carbons (Fsp3) is 0.200. The Balaban J connectivity index is 1.40. The third kappa shape index (κ3) is 3.39. The van der Waals surface area contributed by atoms with Gasteiger partial charge < -0.3 is 15.6 Å². The van der Waals surface area contributed by atoms with E-state index in [1.165, 1.54) is 12.4 Å². The van der Waals surface area contributed by atoms with Gasteiger partial charge in [0.05, 0.1) is 18.9 Å². The van der Waals surface area contributed by atoms with Gasteiger partial charge in [-0.05, 0) is 24.3 Å². The minimum absolute atomic E-state index is 0.199. The predicted octanol–water partition coefficient (Wildman–Crippen LogP) is 1.45. The van der Waals surface area contributed by atoms with Crippen LogP contribution in [-0.4, -0.2) is 36.3 Å². The quantitative estimate of drug-likeness (QED) is 0.340. The van der Waals surface area contributed by atoms with Gasteiger partial charge in [-0.1, -0.05) is 0 Å². The highest BCUT2D eigenvalue weighted by molar-refractivity contribution is 5.83. The molecule has 0 unspecified atom stereocenters. The topological polar surface area (TPSA) is 136 Å². The lowest BCUT2D eigenvalue weighted by Gasteiger charge is -2.13. The number of anilines is 2. The Morgan fingerprint density at radius 2 is 2.13 bits per heavy atom. The molecule has 0 amide bonds. The number of hydrazine groups is 1. The van der Waals surface area contributed by atoms with Gasteiger partial charge in [0.1, 0.15) is 23.7 Å². The minimum Gasteiger partial charge on any atom is -0.493 e. The van der Waals surface area contributed by atoms with Crippen LogP contribution < -0.4 is 21.3 Å². The lowest BCUT2D eigenvalue weighted by Crippen LogP contribution is -2.24. The van der Waals surface area contributed by atoms with Crippen molar-refractivity contribution in [2.75, 3.05) is 17.8 Å². The van der Waals surface area contributed by atoms with Crippen LogP contribution in [0.2, 0.25) is 0 Å². The van der Waals surface area contributed by atoms with Crippen LogP contribution in [-0.2, 0) is 19.6 Å². The molecule has 3 aromatic heterocycles. The molecule has 1 aliphatic rings. The van der Waals surface area contributed by atoms with Crippen molar-refractivity contribution >= 4 is 17.4 Å². The van der Waals surface area contributed by atoms with Gasteiger partial charge >= 0.3 is 0 Å². The molecule has 0 saturated carbocycles. The van der Waals surface area contributed by atoms with Crippen molar-refractivity contribution in [2.24, 2.45) is 0 Å². The molecule has 0 bridgehead atoms. The summed E-state index contributed by atoms with van der Waals surface area (Å²) in [7, 11) is 0. The van der Waals surface area contributed by atoms with Gasteiger partial charge in [0.15, 0.2) is 5.65 Å². The van der Waals surface area contributed by atoms with Crippen LogP contribution in [0, 0.1) is 5.82 Å². The van der Waals surface area contributed by atoms with Gasteiger partial charge in [-0.2, -0.15) is 0 Å². The Hall–Kier alpha value is -3.83. The molecular weight excluding hydrogens is 403 g/mol. The summed E-state index contributed by atoms with van der Waals surface area (Å²) in [6.45, 7) is 0.598. The monoisotopic (exact) mass is 422 g/mol. The highest BCUT2D eigenvalue weighted by atomic mass is 19.1. The Labute approximate surface area is 175 Å². The number of aliphatic hydroxyl groups excluding tert-OH is 1. The van der Waals surface area contributed by atoms with Crippen LogP contribution in [0.4, 0.5) is 16.2 Å². The van der Waals surface area contributed by atoms with Crippen molar-refractivity contribution in [3.63, 3.8) is 0 Å². The number of nitrogens with one attached hydrogen (secondary N) is 2. The molecule has 1 aromatic carbocycles. The highest BCUT2D eigenvalue weighted by Crippen LogP contribution is 2.30. The summed E-state index contributed by atoms with van der Waals surface area (Å²) in [5.74, 6) is 1.12. The lowest BCUT2D eigenvalue weighted by molar-refractivity contribution is 0.277. The largest absolute Gasteiger partial charge is 0.493 e. The van der Waals surface area contributed by atoms with E-state index in [-0.39, 0.29) is 24.8 Å². The average Bonchev–Trinajstić information content (AvgIpc) is 3.45. The molecule has 158 valence electrons. The highest BCUT2D eigenvalue weighted by Gasteiger charge is 2.19. The molecule has 0 atom stereocenters. The number of pyridine rings is 1. The third-order valence-electron chi connectivity index (χ3n) is 5.17. The predicted molar refractivity (Wildman–Crippen MR) is 110 cm³/mol. The lowest BCUT2D eigenvalue weighted by atomic mass is 10.0. The van der Waals surface area contributed by atoms with Crippen molar-refractivity contribution in [3.05, 3.63) is 59.4 Å². The first-order valence-corrected chi connectivity index (χ1v) is 9.63. The number of nitrogens with two attached hydrogens (primary N) is 1. The fourth-order valence-electron chi connectivity index (χ4n) is 3.65. The second kappa shape index (κ2) is 7.78. The summed E-state index contributed by atoms with van der Waals surface area (Å²) in [4.78, 5) is 8.59. The number of hydrogen-bond donors (Lipinski definition) is 4. The number of aliphatic hydroxyl groups is 1. The smallest absolute Gasteiger partial charge is 0.224 e. The average molecular weight is 422 g/mol. The van der Waals surface area contributed by atoms with Crippen molar-refractivity contribution in [1.29, 1.82) is 0 Å². The zero-order chi connectivity index (χ0) is 21.4. The van der Waals surface area contributed by atoms with E-state index in [4.69, 9.17) is 10.5 Å². The van der Waals surface area contributed by atoms with E-state index < -0.39 is 0 Å². The van der Waals surface area contributed by atoms with E-state index >= 15 is 0 Å². The SMILES string of the molecule is Nc1nc(CO)ccc1-c1cnc(NNCc2c(F)ccc3c2CCO3)n2cnnc12. The van der Waals surface area contributed by atoms with Gasteiger partial charge in [0.25, 0.3) is 0 Å². The van der Waals surface area contributed by atoms with E-state index in [0.29, 0.717) is 47.0 Å². The normalized spacial score (nSPS) is 12.7. The molecule has 5 rings (SSSR count). The number of fused-ring (bicyclic) bond motifs is 2. The van der Waals surface area contributed by atoms with Crippen LogP contribution in [0.5, 0.6) is 5.75 Å².